The van der Waals surface area contributed by atoms with Crippen LogP contribution in [0.2, 0.25) is 0 Å². The predicted octanol–water partition coefficient (Wildman–Crippen LogP) is 1.48. The van der Waals surface area contributed by atoms with E-state index in [1.807, 2.05) is 23.8 Å². The summed E-state index contributed by atoms with van der Waals surface area (Å²) >= 11 is 0. The van der Waals surface area contributed by atoms with Gasteiger partial charge >= 0.3 is 0 Å². The number of piperidine rings is 1. The molecular weight excluding hydrogens is 375 g/mol. The Bertz CT molecular complexity index is 423. The molecule has 2 saturated heterocycles. The predicted molar refractivity (Wildman–Crippen MR) is 110 cm³/mol. The van der Waals surface area contributed by atoms with Crippen LogP contribution < -0.4 is 5.32 Å². The van der Waals surface area contributed by atoms with E-state index in [1.165, 1.54) is 0 Å². The molecule has 0 aromatic rings. The van der Waals surface area contributed by atoms with Crippen molar-refractivity contribution in [3.8, 4) is 0 Å². The monoisotopic (exact) mass is 410 g/mol. The van der Waals surface area contributed by atoms with Crippen molar-refractivity contribution in [3.63, 3.8) is 0 Å². The van der Waals surface area contributed by atoms with Crippen LogP contribution in [0.25, 0.3) is 0 Å². The summed E-state index contributed by atoms with van der Waals surface area (Å²) in [5.41, 5.74) is 0. The van der Waals surface area contributed by atoms with E-state index in [4.69, 9.17) is 0 Å². The van der Waals surface area contributed by atoms with E-state index in [0.717, 1.165) is 65.2 Å². The summed E-state index contributed by atoms with van der Waals surface area (Å²) in [6.07, 6.45) is 2.57. The average molecular weight is 411 g/mol. The molecule has 0 spiro atoms. The summed E-state index contributed by atoms with van der Waals surface area (Å²) in [5, 5.41) is 3.06. The third-order valence-corrected chi connectivity index (χ3v) is 5.49. The molecule has 0 aromatic carbocycles. The molecule has 0 aromatic heterocycles. The maximum absolute atomic E-state index is 12.5. The maximum atomic E-state index is 12.5. The zero-order valence-electron chi connectivity index (χ0n) is 16.4. The Hall–Kier alpha value is -0.560. The van der Waals surface area contributed by atoms with Crippen molar-refractivity contribution in [1.82, 2.24) is 20.0 Å². The van der Waals surface area contributed by atoms with E-state index in [0.29, 0.717) is 18.2 Å². The Balaban J connectivity index is 0.00000312. The number of likely N-dealkylation sites (N-methyl/N-ethyl adjacent to an activating group) is 1. The number of halogens is 2. The molecule has 154 valence electrons. The third kappa shape index (κ3) is 7.22. The summed E-state index contributed by atoms with van der Waals surface area (Å²) in [4.78, 5) is 31.2. The summed E-state index contributed by atoms with van der Waals surface area (Å²) < 4.78 is 0. The first-order valence-electron chi connectivity index (χ1n) is 9.48. The van der Waals surface area contributed by atoms with Gasteiger partial charge in [0, 0.05) is 58.2 Å². The number of hydrogen-bond acceptors (Lipinski definition) is 4. The Kier molecular flexibility index (Phi) is 12.5. The molecule has 0 saturated carbocycles. The fourth-order valence-corrected chi connectivity index (χ4v) is 3.75. The van der Waals surface area contributed by atoms with Crippen LogP contribution in [-0.2, 0) is 9.59 Å². The highest BCUT2D eigenvalue weighted by Crippen LogP contribution is 2.23. The van der Waals surface area contributed by atoms with E-state index in [9.17, 15) is 9.59 Å². The van der Waals surface area contributed by atoms with Gasteiger partial charge < -0.3 is 20.0 Å². The minimum atomic E-state index is 0. The van der Waals surface area contributed by atoms with Crippen molar-refractivity contribution < 1.29 is 9.59 Å². The molecule has 0 bridgehead atoms. The molecule has 2 amide bonds. The van der Waals surface area contributed by atoms with Crippen LogP contribution in [0.5, 0.6) is 0 Å². The molecule has 6 nitrogen and oxygen atoms in total. The van der Waals surface area contributed by atoms with Gasteiger partial charge in [-0.1, -0.05) is 13.8 Å². The van der Waals surface area contributed by atoms with Crippen molar-refractivity contribution in [2.45, 2.75) is 33.1 Å². The van der Waals surface area contributed by atoms with E-state index in [1.54, 1.807) is 0 Å². The van der Waals surface area contributed by atoms with Gasteiger partial charge in [0.1, 0.15) is 0 Å². The van der Waals surface area contributed by atoms with Gasteiger partial charge in [0.05, 0.1) is 0 Å². The summed E-state index contributed by atoms with van der Waals surface area (Å²) in [6, 6.07) is 0. The lowest BCUT2D eigenvalue weighted by Gasteiger charge is -2.36. The maximum Gasteiger partial charge on any atom is 0.226 e. The minimum absolute atomic E-state index is 0. The Morgan fingerprint density at radius 1 is 1.00 bits per heavy atom. The zero-order chi connectivity index (χ0) is 17.5. The third-order valence-electron chi connectivity index (χ3n) is 5.49. The average Bonchev–Trinajstić information content (AvgIpc) is 2.62. The van der Waals surface area contributed by atoms with Crippen molar-refractivity contribution in [2.24, 2.45) is 11.8 Å². The first-order valence-corrected chi connectivity index (χ1v) is 9.48. The molecule has 2 aliphatic heterocycles. The molecule has 8 heteroatoms. The van der Waals surface area contributed by atoms with Gasteiger partial charge in [0.25, 0.3) is 0 Å². The number of nitrogens with one attached hydrogen (secondary N) is 1. The minimum Gasteiger partial charge on any atom is -0.342 e. The van der Waals surface area contributed by atoms with Crippen LogP contribution in [0.3, 0.4) is 0 Å². The quantitative estimate of drug-likeness (QED) is 0.720. The number of carbonyl (C=O) groups is 2. The SMILES string of the molecule is CCN1CCN(C(=O)CC2CCN(C(=O)C(C)CNC)CC2)CC1.Cl.Cl. The summed E-state index contributed by atoms with van der Waals surface area (Å²) in [6.45, 7) is 11.3. The summed E-state index contributed by atoms with van der Waals surface area (Å²) in [7, 11) is 1.88. The number of carbonyl (C=O) groups excluding carboxylic acids is 2. The van der Waals surface area contributed by atoms with Crippen LogP contribution in [-0.4, -0.2) is 85.9 Å². The molecule has 1 N–H and O–H groups in total. The molecule has 2 rings (SSSR count). The number of nitrogens with zero attached hydrogens (tertiary/aromatic N) is 3. The lowest BCUT2D eigenvalue weighted by Crippen LogP contribution is -2.49. The first kappa shape index (κ1) is 25.4. The van der Waals surface area contributed by atoms with Crippen molar-refractivity contribution in [3.05, 3.63) is 0 Å². The fraction of sp³-hybridized carbons (Fsp3) is 0.889. The van der Waals surface area contributed by atoms with E-state index in [2.05, 4.69) is 17.1 Å². The summed E-state index contributed by atoms with van der Waals surface area (Å²) in [5.74, 6) is 1.01. The number of piperazine rings is 1. The number of rotatable bonds is 6. The number of likely N-dealkylation sites (tertiary alicyclic amines) is 1. The van der Waals surface area contributed by atoms with Gasteiger partial charge in [-0.15, -0.1) is 24.8 Å². The van der Waals surface area contributed by atoms with Crippen molar-refractivity contribution in [1.29, 1.82) is 0 Å². The molecule has 2 heterocycles. The van der Waals surface area contributed by atoms with Crippen LogP contribution in [0.15, 0.2) is 0 Å². The highest BCUT2D eigenvalue weighted by atomic mass is 35.5. The number of hydrogen-bond donors (Lipinski definition) is 1. The highest BCUT2D eigenvalue weighted by molar-refractivity contribution is 5.85. The Morgan fingerprint density at radius 2 is 1.58 bits per heavy atom. The molecule has 0 radical (unpaired) electrons. The van der Waals surface area contributed by atoms with Gasteiger partial charge in [-0.2, -0.15) is 0 Å². The molecule has 2 fully saturated rings. The molecule has 2 aliphatic rings. The van der Waals surface area contributed by atoms with Crippen LogP contribution in [0.4, 0.5) is 0 Å². The second kappa shape index (κ2) is 12.8. The van der Waals surface area contributed by atoms with Crippen LogP contribution >= 0.6 is 24.8 Å². The topological polar surface area (TPSA) is 55.9 Å². The van der Waals surface area contributed by atoms with E-state index < -0.39 is 0 Å². The normalized spacial score (nSPS) is 20.1. The van der Waals surface area contributed by atoms with Crippen molar-refractivity contribution >= 4 is 36.6 Å². The van der Waals surface area contributed by atoms with Crippen LogP contribution in [0.1, 0.15) is 33.1 Å². The van der Waals surface area contributed by atoms with Crippen molar-refractivity contribution in [2.75, 3.05) is 59.4 Å². The van der Waals surface area contributed by atoms with Gasteiger partial charge in [-0.05, 0) is 32.4 Å². The molecule has 0 aliphatic carbocycles. The fourth-order valence-electron chi connectivity index (χ4n) is 3.75. The molecule has 1 unspecified atom stereocenters. The molecule has 1 atom stereocenters. The largest absolute Gasteiger partial charge is 0.342 e. The standard InChI is InChI=1S/C18H34N4O2.2ClH/c1-4-20-9-11-21(12-10-20)17(23)13-16-5-7-22(8-6-16)18(24)15(2)14-19-3;;/h15-16,19H,4-14H2,1-3H3;2*1H. The molecular formula is C18H36Cl2N4O2. The van der Waals surface area contributed by atoms with Gasteiger partial charge in [0.15, 0.2) is 0 Å². The lowest BCUT2D eigenvalue weighted by molar-refractivity contribution is -0.137. The van der Waals surface area contributed by atoms with E-state index >= 15 is 0 Å². The smallest absolute Gasteiger partial charge is 0.226 e. The lowest BCUT2D eigenvalue weighted by atomic mass is 9.92. The second-order valence-corrected chi connectivity index (χ2v) is 7.25. The second-order valence-electron chi connectivity index (χ2n) is 7.25. The Morgan fingerprint density at radius 3 is 2.08 bits per heavy atom. The first-order chi connectivity index (χ1) is 11.5. The highest BCUT2D eigenvalue weighted by Gasteiger charge is 2.28. The molecule has 26 heavy (non-hydrogen) atoms. The van der Waals surface area contributed by atoms with Crippen LogP contribution in [0, 0.1) is 11.8 Å². The van der Waals surface area contributed by atoms with E-state index in [-0.39, 0.29) is 36.6 Å². The zero-order valence-corrected chi connectivity index (χ0v) is 18.0. The van der Waals surface area contributed by atoms with Gasteiger partial charge in [0.2, 0.25) is 11.8 Å². The Labute approximate surface area is 170 Å². The van der Waals surface area contributed by atoms with Gasteiger partial charge in [-0.3, -0.25) is 9.59 Å². The van der Waals surface area contributed by atoms with Gasteiger partial charge in [-0.25, -0.2) is 0 Å². The number of amides is 2.